The fourth-order valence-corrected chi connectivity index (χ4v) is 1.07. The Morgan fingerprint density at radius 2 is 1.91 bits per heavy atom. The third-order valence-electron chi connectivity index (χ3n) is 1.20. The van der Waals surface area contributed by atoms with Crippen LogP contribution in [0.1, 0.15) is 0 Å². The van der Waals surface area contributed by atoms with E-state index in [0.717, 1.165) is 5.75 Å². The summed E-state index contributed by atoms with van der Waals surface area (Å²) in [6, 6.07) is 7.90. The second-order valence-electron chi connectivity index (χ2n) is 2.09. The third kappa shape index (κ3) is 3.14. The third-order valence-corrected chi connectivity index (χ3v) is 1.92. The van der Waals surface area contributed by atoms with E-state index in [4.69, 9.17) is 12.6 Å². The second kappa shape index (κ2) is 4.64. The van der Waals surface area contributed by atoms with Gasteiger partial charge in [-0.25, -0.2) is 0 Å². The monoisotopic (exact) mass is 258 g/mol. The molecule has 0 aliphatic heterocycles. The molecular weight excluding hydrogens is 250 g/mol. The van der Waals surface area contributed by atoms with Crippen LogP contribution in [-0.2, 0) is 0 Å². The van der Waals surface area contributed by atoms with Crippen LogP contribution >= 0.6 is 22.6 Å². The molecule has 0 saturated heterocycles. The number of ether oxygens (including phenoxy) is 1. The maximum atomic E-state index is 5.28. The predicted octanol–water partition coefficient (Wildman–Crippen LogP) is 2.26. The van der Waals surface area contributed by atoms with Crippen molar-refractivity contribution in [1.82, 2.24) is 0 Å². The summed E-state index contributed by atoms with van der Waals surface area (Å²) >= 11 is 2.25. The first kappa shape index (κ1) is 8.91. The summed E-state index contributed by atoms with van der Waals surface area (Å²) in [4.78, 5) is 0. The summed E-state index contributed by atoms with van der Waals surface area (Å²) in [6.07, 6.45) is 0.561. The van der Waals surface area contributed by atoms with Gasteiger partial charge < -0.3 is 4.74 Å². The Bertz CT molecular complexity index is 210. The minimum Gasteiger partial charge on any atom is -0.494 e. The van der Waals surface area contributed by atoms with Crippen molar-refractivity contribution >= 4 is 30.4 Å². The first-order valence-corrected chi connectivity index (χ1v) is 4.49. The van der Waals surface area contributed by atoms with E-state index >= 15 is 0 Å². The Morgan fingerprint density at radius 3 is 2.45 bits per heavy atom. The lowest BCUT2D eigenvalue weighted by Gasteiger charge is -2.02. The molecule has 0 bridgehead atoms. The number of rotatable bonds is 3. The highest BCUT2D eigenvalue weighted by atomic mass is 127. The minimum atomic E-state index is 0.561. The number of hydrogen-bond acceptors (Lipinski definition) is 1. The molecule has 1 rings (SSSR count). The van der Waals surface area contributed by atoms with Gasteiger partial charge in [0.1, 0.15) is 5.75 Å². The highest BCUT2D eigenvalue weighted by Gasteiger charge is 1.90. The fourth-order valence-electron chi connectivity index (χ4n) is 0.708. The number of halogens is 1. The van der Waals surface area contributed by atoms with Crippen LogP contribution in [0.2, 0.25) is 6.32 Å². The summed E-state index contributed by atoms with van der Waals surface area (Å²) in [6.45, 7) is 0.584. The van der Waals surface area contributed by atoms with Crippen molar-refractivity contribution in [2.75, 3.05) is 6.61 Å². The molecule has 0 aromatic heterocycles. The molecule has 0 saturated carbocycles. The molecule has 3 heteroatoms. The van der Waals surface area contributed by atoms with Crippen molar-refractivity contribution in [2.24, 2.45) is 0 Å². The van der Waals surface area contributed by atoms with Gasteiger partial charge >= 0.3 is 0 Å². The van der Waals surface area contributed by atoms with E-state index in [0.29, 0.717) is 12.9 Å². The van der Waals surface area contributed by atoms with E-state index in [1.165, 1.54) is 3.57 Å². The lowest BCUT2D eigenvalue weighted by atomic mass is 10.1. The molecular formula is C8H8BIO. The zero-order valence-corrected chi connectivity index (χ0v) is 8.24. The maximum absolute atomic E-state index is 5.28. The highest BCUT2D eigenvalue weighted by molar-refractivity contribution is 14.1. The lowest BCUT2D eigenvalue weighted by molar-refractivity contribution is 0.340. The normalized spacial score (nSPS) is 9.55. The average molecular weight is 258 g/mol. The van der Waals surface area contributed by atoms with Gasteiger partial charge in [-0.1, -0.05) is 6.32 Å². The smallest absolute Gasteiger partial charge is 0.119 e. The van der Waals surface area contributed by atoms with Crippen LogP contribution in [0.3, 0.4) is 0 Å². The van der Waals surface area contributed by atoms with Gasteiger partial charge in [-0.3, -0.25) is 0 Å². The molecule has 0 heterocycles. The van der Waals surface area contributed by atoms with Crippen molar-refractivity contribution < 1.29 is 4.74 Å². The summed E-state index contributed by atoms with van der Waals surface area (Å²) in [5.41, 5.74) is 0. The Balaban J connectivity index is 2.52. The Kier molecular flexibility index (Phi) is 3.76. The topological polar surface area (TPSA) is 9.23 Å². The summed E-state index contributed by atoms with van der Waals surface area (Å²) in [7, 11) is 5.28. The molecule has 0 atom stereocenters. The van der Waals surface area contributed by atoms with E-state index in [1.807, 2.05) is 24.3 Å². The molecule has 1 aromatic carbocycles. The molecule has 56 valence electrons. The van der Waals surface area contributed by atoms with Crippen LogP contribution < -0.4 is 4.74 Å². The highest BCUT2D eigenvalue weighted by Crippen LogP contribution is 2.13. The molecule has 1 nitrogen and oxygen atoms in total. The standard InChI is InChI=1S/C8H8BIO/c9-5-6-11-8-3-1-7(10)2-4-8/h1-4H,5-6H2. The Hall–Kier alpha value is -0.185. The van der Waals surface area contributed by atoms with Gasteiger partial charge in [-0.2, -0.15) is 0 Å². The number of benzene rings is 1. The summed E-state index contributed by atoms with van der Waals surface area (Å²) in [5.74, 6) is 0.885. The Morgan fingerprint density at radius 1 is 1.27 bits per heavy atom. The quantitative estimate of drug-likeness (QED) is 0.596. The van der Waals surface area contributed by atoms with Crippen LogP contribution in [0.4, 0.5) is 0 Å². The molecule has 2 radical (unpaired) electrons. The average Bonchev–Trinajstić information content (AvgIpc) is 2.04. The maximum Gasteiger partial charge on any atom is 0.119 e. The van der Waals surface area contributed by atoms with Crippen LogP contribution in [0.5, 0.6) is 5.75 Å². The van der Waals surface area contributed by atoms with E-state index in [2.05, 4.69) is 22.6 Å². The van der Waals surface area contributed by atoms with Crippen LogP contribution in [-0.4, -0.2) is 14.5 Å². The molecule has 0 aliphatic carbocycles. The predicted molar refractivity (Wildman–Crippen MR) is 55.2 cm³/mol. The van der Waals surface area contributed by atoms with Crippen LogP contribution in [0.15, 0.2) is 24.3 Å². The van der Waals surface area contributed by atoms with Gasteiger partial charge in [0, 0.05) is 3.57 Å². The molecule has 0 amide bonds. The SMILES string of the molecule is [B]CCOc1ccc(I)cc1. The van der Waals surface area contributed by atoms with Crippen LogP contribution in [0, 0.1) is 3.57 Å². The first-order valence-electron chi connectivity index (χ1n) is 3.41. The molecule has 1 aromatic rings. The van der Waals surface area contributed by atoms with Crippen molar-refractivity contribution in [2.45, 2.75) is 6.32 Å². The zero-order chi connectivity index (χ0) is 8.10. The second-order valence-corrected chi connectivity index (χ2v) is 3.34. The molecule has 0 spiro atoms. The number of hydrogen-bond donors (Lipinski definition) is 0. The van der Waals surface area contributed by atoms with Gasteiger partial charge in [0.15, 0.2) is 0 Å². The van der Waals surface area contributed by atoms with E-state index in [1.54, 1.807) is 0 Å². The van der Waals surface area contributed by atoms with Crippen molar-refractivity contribution in [3.63, 3.8) is 0 Å². The van der Waals surface area contributed by atoms with Gasteiger partial charge in [-0.15, -0.1) is 0 Å². The van der Waals surface area contributed by atoms with Gasteiger partial charge in [0.05, 0.1) is 14.5 Å². The fraction of sp³-hybridized carbons (Fsp3) is 0.250. The van der Waals surface area contributed by atoms with Crippen molar-refractivity contribution in [1.29, 1.82) is 0 Å². The lowest BCUT2D eigenvalue weighted by Crippen LogP contribution is -1.95. The van der Waals surface area contributed by atoms with Crippen LogP contribution in [0.25, 0.3) is 0 Å². The van der Waals surface area contributed by atoms with E-state index in [-0.39, 0.29) is 0 Å². The van der Waals surface area contributed by atoms with Crippen molar-refractivity contribution in [3.05, 3.63) is 27.8 Å². The van der Waals surface area contributed by atoms with Gasteiger partial charge in [0.2, 0.25) is 0 Å². The summed E-state index contributed by atoms with van der Waals surface area (Å²) in [5, 5.41) is 0. The van der Waals surface area contributed by atoms with E-state index in [9.17, 15) is 0 Å². The van der Waals surface area contributed by atoms with Crippen molar-refractivity contribution in [3.8, 4) is 5.75 Å². The van der Waals surface area contributed by atoms with E-state index < -0.39 is 0 Å². The molecule has 0 fully saturated rings. The molecule has 11 heavy (non-hydrogen) atoms. The first-order chi connectivity index (χ1) is 5.33. The molecule has 0 aliphatic rings. The molecule has 0 unspecified atom stereocenters. The van der Waals surface area contributed by atoms with Gasteiger partial charge in [0.25, 0.3) is 0 Å². The zero-order valence-electron chi connectivity index (χ0n) is 6.09. The molecule has 0 N–H and O–H groups in total. The largest absolute Gasteiger partial charge is 0.494 e. The summed E-state index contributed by atoms with van der Waals surface area (Å²) < 4.78 is 6.49. The Labute approximate surface area is 81.7 Å². The van der Waals surface area contributed by atoms with Gasteiger partial charge in [-0.05, 0) is 46.9 Å². The minimum absolute atomic E-state index is 0.561.